The van der Waals surface area contributed by atoms with Gasteiger partial charge in [0.2, 0.25) is 0 Å². The molecule has 1 aromatic carbocycles. The molecule has 124 valence electrons. The first-order valence-corrected chi connectivity index (χ1v) is 7.82. The van der Waals surface area contributed by atoms with Crippen molar-refractivity contribution in [2.45, 2.75) is 0 Å². The first-order valence-electron chi connectivity index (χ1n) is 7.82. The van der Waals surface area contributed by atoms with Gasteiger partial charge in [0, 0.05) is 37.9 Å². The summed E-state index contributed by atoms with van der Waals surface area (Å²) in [4.78, 5) is 32.6. The summed E-state index contributed by atoms with van der Waals surface area (Å²) in [6.07, 6.45) is 1.77. The number of ether oxygens (including phenoxy) is 1. The molecule has 2 aromatic rings. The van der Waals surface area contributed by atoms with Gasteiger partial charge in [-0.25, -0.2) is 9.78 Å². The molecule has 0 radical (unpaired) electrons. The van der Waals surface area contributed by atoms with Crippen LogP contribution in [-0.2, 0) is 4.74 Å². The number of carbonyl (C=O) groups excluding carboxylic acids is 2. The van der Waals surface area contributed by atoms with Crippen molar-refractivity contribution in [3.05, 3.63) is 59.8 Å². The van der Waals surface area contributed by atoms with Crippen LogP contribution in [-0.4, -0.2) is 55.0 Å². The maximum Gasteiger partial charge on any atom is 0.337 e. The van der Waals surface area contributed by atoms with E-state index in [-0.39, 0.29) is 5.91 Å². The highest BCUT2D eigenvalue weighted by molar-refractivity contribution is 5.98. The molecule has 0 atom stereocenters. The minimum Gasteiger partial charge on any atom is -0.465 e. The first-order chi connectivity index (χ1) is 11.7. The molecule has 0 spiro atoms. The lowest BCUT2D eigenvalue weighted by molar-refractivity contribution is 0.0600. The molecule has 0 unspecified atom stereocenters. The maximum absolute atomic E-state index is 12.6. The molecule has 1 amide bonds. The number of methoxy groups -OCH3 is 1. The topological polar surface area (TPSA) is 62.7 Å². The minimum absolute atomic E-state index is 0.0681. The fourth-order valence-corrected chi connectivity index (χ4v) is 2.76. The third-order valence-electron chi connectivity index (χ3n) is 4.07. The molecule has 0 saturated carbocycles. The monoisotopic (exact) mass is 325 g/mol. The third kappa shape index (κ3) is 3.37. The van der Waals surface area contributed by atoms with Crippen LogP contribution in [0.15, 0.2) is 48.7 Å². The van der Waals surface area contributed by atoms with Crippen LogP contribution in [0.3, 0.4) is 0 Å². The highest BCUT2D eigenvalue weighted by atomic mass is 16.5. The average Bonchev–Trinajstić information content (AvgIpc) is 2.67. The molecule has 1 aliphatic heterocycles. The lowest BCUT2D eigenvalue weighted by Crippen LogP contribution is -2.49. The summed E-state index contributed by atoms with van der Waals surface area (Å²) >= 11 is 0. The van der Waals surface area contributed by atoms with E-state index in [4.69, 9.17) is 4.74 Å². The molecular weight excluding hydrogens is 306 g/mol. The van der Waals surface area contributed by atoms with Crippen LogP contribution in [0.4, 0.5) is 5.82 Å². The maximum atomic E-state index is 12.6. The second-order valence-electron chi connectivity index (χ2n) is 5.54. The Kier molecular flexibility index (Phi) is 4.74. The quantitative estimate of drug-likeness (QED) is 0.806. The normalized spacial score (nSPS) is 14.4. The van der Waals surface area contributed by atoms with Crippen molar-refractivity contribution in [1.82, 2.24) is 9.88 Å². The molecule has 2 heterocycles. The van der Waals surface area contributed by atoms with Gasteiger partial charge in [0.15, 0.2) is 0 Å². The number of benzene rings is 1. The number of carbonyl (C=O) groups is 2. The Morgan fingerprint density at radius 1 is 1.00 bits per heavy atom. The summed E-state index contributed by atoms with van der Waals surface area (Å²) in [6.45, 7) is 2.72. The molecule has 0 bridgehead atoms. The van der Waals surface area contributed by atoms with Crippen molar-refractivity contribution >= 4 is 17.7 Å². The van der Waals surface area contributed by atoms with Crippen LogP contribution in [0.1, 0.15) is 20.7 Å². The van der Waals surface area contributed by atoms with E-state index in [0.717, 1.165) is 18.9 Å². The number of rotatable bonds is 3. The summed E-state index contributed by atoms with van der Waals surface area (Å²) in [5.41, 5.74) is 0.889. The van der Waals surface area contributed by atoms with Crippen LogP contribution in [0.25, 0.3) is 0 Å². The highest BCUT2D eigenvalue weighted by Crippen LogP contribution is 2.15. The lowest BCUT2D eigenvalue weighted by Gasteiger charge is -2.35. The Labute approximate surface area is 140 Å². The van der Waals surface area contributed by atoms with Crippen LogP contribution >= 0.6 is 0 Å². The number of piperazine rings is 1. The molecule has 1 fully saturated rings. The standard InChI is InChI=1S/C18H19N3O3/c1-24-18(23)15-6-4-5-14(13-15)17(22)21-11-9-20(10-12-21)16-7-2-3-8-19-16/h2-8,13H,9-12H2,1H3. The first kappa shape index (κ1) is 16.0. The van der Waals surface area contributed by atoms with Crippen molar-refractivity contribution in [2.24, 2.45) is 0 Å². The van der Waals surface area contributed by atoms with Crippen molar-refractivity contribution < 1.29 is 14.3 Å². The summed E-state index contributed by atoms with van der Waals surface area (Å²) in [5, 5.41) is 0. The summed E-state index contributed by atoms with van der Waals surface area (Å²) in [5.74, 6) is 0.420. The Morgan fingerprint density at radius 3 is 2.42 bits per heavy atom. The van der Waals surface area contributed by atoms with Gasteiger partial charge < -0.3 is 14.5 Å². The second kappa shape index (κ2) is 7.12. The van der Waals surface area contributed by atoms with E-state index in [0.29, 0.717) is 24.2 Å². The van der Waals surface area contributed by atoms with E-state index in [1.54, 1.807) is 35.4 Å². The molecule has 0 N–H and O–H groups in total. The molecular formula is C18H19N3O3. The zero-order chi connectivity index (χ0) is 16.9. The van der Waals surface area contributed by atoms with E-state index in [9.17, 15) is 9.59 Å². The van der Waals surface area contributed by atoms with Crippen LogP contribution in [0.2, 0.25) is 0 Å². The molecule has 1 saturated heterocycles. The number of amides is 1. The van der Waals surface area contributed by atoms with Gasteiger partial charge in [0.25, 0.3) is 5.91 Å². The number of aromatic nitrogens is 1. The van der Waals surface area contributed by atoms with Gasteiger partial charge in [-0.3, -0.25) is 4.79 Å². The van der Waals surface area contributed by atoms with E-state index in [1.165, 1.54) is 7.11 Å². The van der Waals surface area contributed by atoms with E-state index >= 15 is 0 Å². The van der Waals surface area contributed by atoms with Gasteiger partial charge in [0.1, 0.15) is 5.82 Å². The number of hydrogen-bond acceptors (Lipinski definition) is 5. The second-order valence-corrected chi connectivity index (χ2v) is 5.54. The Morgan fingerprint density at radius 2 is 1.75 bits per heavy atom. The summed E-state index contributed by atoms with van der Waals surface area (Å²) in [6, 6.07) is 12.5. The number of esters is 1. The fraction of sp³-hybridized carbons (Fsp3) is 0.278. The van der Waals surface area contributed by atoms with E-state index in [1.807, 2.05) is 18.2 Å². The average molecular weight is 325 g/mol. The third-order valence-corrected chi connectivity index (χ3v) is 4.07. The number of anilines is 1. The Hall–Kier alpha value is -2.89. The SMILES string of the molecule is COC(=O)c1cccc(C(=O)N2CCN(c3ccccn3)CC2)c1. The molecule has 24 heavy (non-hydrogen) atoms. The van der Waals surface area contributed by atoms with E-state index in [2.05, 4.69) is 9.88 Å². The highest BCUT2D eigenvalue weighted by Gasteiger charge is 2.23. The minimum atomic E-state index is -0.440. The molecule has 1 aliphatic rings. The van der Waals surface area contributed by atoms with Gasteiger partial charge in [-0.05, 0) is 30.3 Å². The molecule has 3 rings (SSSR count). The number of nitrogens with zero attached hydrogens (tertiary/aromatic N) is 3. The zero-order valence-electron chi connectivity index (χ0n) is 13.5. The molecule has 0 aliphatic carbocycles. The largest absolute Gasteiger partial charge is 0.465 e. The summed E-state index contributed by atoms with van der Waals surface area (Å²) in [7, 11) is 1.33. The van der Waals surface area contributed by atoms with Crippen molar-refractivity contribution in [1.29, 1.82) is 0 Å². The van der Waals surface area contributed by atoms with Crippen LogP contribution < -0.4 is 4.90 Å². The lowest BCUT2D eigenvalue weighted by atomic mass is 10.1. The predicted molar refractivity (Wildman–Crippen MR) is 90.1 cm³/mol. The van der Waals surface area contributed by atoms with Gasteiger partial charge in [-0.1, -0.05) is 12.1 Å². The Balaban J connectivity index is 1.66. The predicted octanol–water partition coefficient (Wildman–Crippen LogP) is 1.83. The fourth-order valence-electron chi connectivity index (χ4n) is 2.76. The van der Waals surface area contributed by atoms with E-state index < -0.39 is 5.97 Å². The number of hydrogen-bond donors (Lipinski definition) is 0. The summed E-state index contributed by atoms with van der Waals surface area (Å²) < 4.78 is 4.70. The van der Waals surface area contributed by atoms with Gasteiger partial charge in [-0.2, -0.15) is 0 Å². The van der Waals surface area contributed by atoms with Crippen molar-refractivity contribution in [3.63, 3.8) is 0 Å². The smallest absolute Gasteiger partial charge is 0.337 e. The number of pyridine rings is 1. The Bertz CT molecular complexity index is 725. The van der Waals surface area contributed by atoms with Crippen LogP contribution in [0.5, 0.6) is 0 Å². The van der Waals surface area contributed by atoms with Gasteiger partial charge in [-0.15, -0.1) is 0 Å². The van der Waals surface area contributed by atoms with Crippen molar-refractivity contribution in [2.75, 3.05) is 38.2 Å². The molecule has 6 heteroatoms. The zero-order valence-corrected chi connectivity index (χ0v) is 13.5. The molecule has 6 nitrogen and oxygen atoms in total. The van der Waals surface area contributed by atoms with Crippen molar-refractivity contribution in [3.8, 4) is 0 Å². The van der Waals surface area contributed by atoms with Crippen LogP contribution in [0, 0.1) is 0 Å². The van der Waals surface area contributed by atoms with Gasteiger partial charge >= 0.3 is 5.97 Å². The molecule has 1 aromatic heterocycles. The van der Waals surface area contributed by atoms with Gasteiger partial charge in [0.05, 0.1) is 12.7 Å².